The van der Waals surface area contributed by atoms with Gasteiger partial charge in [-0.3, -0.25) is 0 Å². The quantitative estimate of drug-likeness (QED) is 0.364. The van der Waals surface area contributed by atoms with Crippen LogP contribution in [0.4, 0.5) is 0 Å². The number of hydrogen-bond acceptors (Lipinski definition) is 3. The molecule has 1 rings (SSSR count). The molecule has 0 heterocycles. The highest BCUT2D eigenvalue weighted by molar-refractivity contribution is 5.85. The Balaban J connectivity index is 2.00. The maximum Gasteiger partial charge on any atom is 0.328 e. The molecule has 0 aliphatic carbocycles. The highest BCUT2D eigenvalue weighted by atomic mass is 16.5. The molecule has 4 nitrogen and oxygen atoms in total. The molecule has 1 aromatic rings. The Kier molecular flexibility index (Phi) is 11.4. The number of hydrogen-bond donors (Lipinski definition) is 2. The third-order valence-corrected chi connectivity index (χ3v) is 4.22. The van der Waals surface area contributed by atoms with Gasteiger partial charge in [-0.1, -0.05) is 57.6 Å². The molecule has 0 saturated carbocycles. The monoisotopic (exact) mass is 348 g/mol. The highest BCUT2D eigenvalue weighted by Crippen LogP contribution is 2.15. The van der Waals surface area contributed by atoms with Crippen LogP contribution in [-0.4, -0.2) is 28.9 Å². The predicted molar refractivity (Wildman–Crippen MR) is 102 cm³/mol. The number of carboxylic acid groups (broad SMARTS) is 1. The minimum absolute atomic E-state index is 0.112. The van der Waals surface area contributed by atoms with Gasteiger partial charge in [-0.15, -0.1) is 0 Å². The van der Waals surface area contributed by atoms with Crippen molar-refractivity contribution in [2.24, 2.45) is 0 Å². The van der Waals surface area contributed by atoms with Gasteiger partial charge in [0.15, 0.2) is 0 Å². The zero-order valence-electron chi connectivity index (χ0n) is 15.3. The van der Waals surface area contributed by atoms with Crippen molar-refractivity contribution in [1.82, 2.24) is 0 Å². The molecule has 1 atom stereocenters. The molecule has 0 aliphatic heterocycles. The maximum absolute atomic E-state index is 10.5. The van der Waals surface area contributed by atoms with Gasteiger partial charge in [-0.05, 0) is 43.0 Å². The third-order valence-electron chi connectivity index (χ3n) is 4.22. The molecule has 0 bridgehead atoms. The molecule has 0 radical (unpaired) electrons. The Morgan fingerprint density at radius 1 is 1.04 bits per heavy atom. The smallest absolute Gasteiger partial charge is 0.328 e. The minimum atomic E-state index is -0.945. The van der Waals surface area contributed by atoms with Crippen LogP contribution >= 0.6 is 0 Å². The summed E-state index contributed by atoms with van der Waals surface area (Å²) in [6, 6.07) is 7.44. The first-order valence-electron chi connectivity index (χ1n) is 9.43. The van der Waals surface area contributed by atoms with Crippen molar-refractivity contribution >= 4 is 12.0 Å². The standard InChI is InChI=1S/C21H32O4/c1-2-19(22)10-8-6-4-3-5-7-9-17-25-20-14-11-18(12-15-20)13-16-21(23)24/h11-16,19,22H,2-10,17H2,1H3,(H,23,24). The number of ether oxygens (including phenoxy) is 1. The summed E-state index contributed by atoms with van der Waals surface area (Å²) in [5.41, 5.74) is 0.848. The predicted octanol–water partition coefficient (Wildman–Crippen LogP) is 5.05. The number of carbonyl (C=O) groups is 1. The molecule has 0 amide bonds. The lowest BCUT2D eigenvalue weighted by Gasteiger charge is -2.07. The molecule has 0 aliphatic rings. The van der Waals surface area contributed by atoms with Crippen LogP contribution in [0.2, 0.25) is 0 Å². The summed E-state index contributed by atoms with van der Waals surface area (Å²) in [5.74, 6) is -0.124. The molecule has 1 aromatic carbocycles. The van der Waals surface area contributed by atoms with Gasteiger partial charge in [-0.25, -0.2) is 4.79 Å². The molecule has 4 heteroatoms. The van der Waals surface area contributed by atoms with Gasteiger partial charge in [-0.2, -0.15) is 0 Å². The molecule has 0 fully saturated rings. The summed E-state index contributed by atoms with van der Waals surface area (Å²) in [7, 11) is 0. The number of rotatable bonds is 14. The van der Waals surface area contributed by atoms with E-state index in [1.807, 2.05) is 31.2 Å². The zero-order valence-corrected chi connectivity index (χ0v) is 15.3. The first-order chi connectivity index (χ1) is 12.1. The molecule has 25 heavy (non-hydrogen) atoms. The SMILES string of the molecule is CCC(O)CCCCCCCCCOc1ccc(C=CC(=O)O)cc1. The number of aliphatic hydroxyl groups is 1. The van der Waals surface area contributed by atoms with Gasteiger partial charge < -0.3 is 14.9 Å². The van der Waals surface area contributed by atoms with E-state index in [2.05, 4.69) is 0 Å². The van der Waals surface area contributed by atoms with Crippen LogP contribution in [0.25, 0.3) is 6.08 Å². The second-order valence-corrected chi connectivity index (χ2v) is 6.41. The van der Waals surface area contributed by atoms with E-state index in [0.717, 1.165) is 43.1 Å². The van der Waals surface area contributed by atoms with Crippen molar-refractivity contribution in [3.05, 3.63) is 35.9 Å². The van der Waals surface area contributed by atoms with Gasteiger partial charge in [0.05, 0.1) is 12.7 Å². The van der Waals surface area contributed by atoms with E-state index >= 15 is 0 Å². The molecule has 0 saturated heterocycles. The van der Waals surface area contributed by atoms with E-state index in [9.17, 15) is 9.90 Å². The lowest BCUT2D eigenvalue weighted by Crippen LogP contribution is -2.03. The number of aliphatic carboxylic acids is 1. The van der Waals surface area contributed by atoms with E-state index in [4.69, 9.17) is 9.84 Å². The Morgan fingerprint density at radius 2 is 1.64 bits per heavy atom. The summed E-state index contributed by atoms with van der Waals surface area (Å²) in [6.45, 7) is 2.74. The molecule has 2 N–H and O–H groups in total. The van der Waals surface area contributed by atoms with Crippen molar-refractivity contribution in [1.29, 1.82) is 0 Å². The van der Waals surface area contributed by atoms with E-state index in [0.29, 0.717) is 6.61 Å². The van der Waals surface area contributed by atoms with Crippen LogP contribution in [0.3, 0.4) is 0 Å². The van der Waals surface area contributed by atoms with E-state index in [1.165, 1.54) is 32.1 Å². The summed E-state index contributed by atoms with van der Waals surface area (Å²) in [5, 5.41) is 18.1. The van der Waals surface area contributed by atoms with Crippen LogP contribution in [-0.2, 0) is 4.79 Å². The van der Waals surface area contributed by atoms with Crippen molar-refractivity contribution in [2.45, 2.75) is 70.8 Å². The number of unbranched alkanes of at least 4 members (excludes halogenated alkanes) is 6. The van der Waals surface area contributed by atoms with Crippen LogP contribution in [0.1, 0.15) is 70.3 Å². The fourth-order valence-corrected chi connectivity index (χ4v) is 2.60. The number of benzene rings is 1. The lowest BCUT2D eigenvalue weighted by atomic mass is 10.1. The van der Waals surface area contributed by atoms with Gasteiger partial charge in [0.2, 0.25) is 0 Å². The molecule has 0 aromatic heterocycles. The van der Waals surface area contributed by atoms with Gasteiger partial charge in [0.1, 0.15) is 5.75 Å². The van der Waals surface area contributed by atoms with Crippen LogP contribution in [0, 0.1) is 0 Å². The highest BCUT2D eigenvalue weighted by Gasteiger charge is 2.00. The molecular weight excluding hydrogens is 316 g/mol. The van der Waals surface area contributed by atoms with Gasteiger partial charge in [0, 0.05) is 6.08 Å². The maximum atomic E-state index is 10.5. The Bertz CT molecular complexity index is 493. The Labute approximate surface area is 151 Å². The fourth-order valence-electron chi connectivity index (χ4n) is 2.60. The van der Waals surface area contributed by atoms with Gasteiger partial charge in [0.25, 0.3) is 0 Å². The topological polar surface area (TPSA) is 66.8 Å². The van der Waals surface area contributed by atoms with Crippen molar-refractivity contribution in [3.63, 3.8) is 0 Å². The van der Waals surface area contributed by atoms with Crippen LogP contribution in [0.5, 0.6) is 5.75 Å². The summed E-state index contributed by atoms with van der Waals surface area (Å²) in [4.78, 5) is 10.5. The second kappa shape index (κ2) is 13.5. The minimum Gasteiger partial charge on any atom is -0.494 e. The molecule has 1 unspecified atom stereocenters. The molecule has 140 valence electrons. The van der Waals surface area contributed by atoms with E-state index in [1.54, 1.807) is 6.08 Å². The Morgan fingerprint density at radius 3 is 2.24 bits per heavy atom. The third kappa shape index (κ3) is 11.4. The summed E-state index contributed by atoms with van der Waals surface area (Å²) in [6.07, 6.45) is 12.7. The fraction of sp³-hybridized carbons (Fsp3) is 0.571. The summed E-state index contributed by atoms with van der Waals surface area (Å²) < 4.78 is 5.70. The normalized spacial score (nSPS) is 12.4. The molecular formula is C21H32O4. The second-order valence-electron chi connectivity index (χ2n) is 6.41. The number of aliphatic hydroxyl groups excluding tert-OH is 1. The van der Waals surface area contributed by atoms with Crippen LogP contribution < -0.4 is 4.74 Å². The van der Waals surface area contributed by atoms with Crippen LogP contribution in [0.15, 0.2) is 30.3 Å². The summed E-state index contributed by atoms with van der Waals surface area (Å²) >= 11 is 0. The van der Waals surface area contributed by atoms with E-state index < -0.39 is 5.97 Å². The lowest BCUT2D eigenvalue weighted by molar-refractivity contribution is -0.131. The van der Waals surface area contributed by atoms with E-state index in [-0.39, 0.29) is 6.10 Å². The largest absolute Gasteiger partial charge is 0.494 e. The van der Waals surface area contributed by atoms with Gasteiger partial charge >= 0.3 is 5.97 Å². The average Bonchev–Trinajstić information content (AvgIpc) is 2.62. The Hall–Kier alpha value is -1.81. The first kappa shape index (κ1) is 21.2. The van der Waals surface area contributed by atoms with Crippen molar-refractivity contribution in [2.75, 3.05) is 6.61 Å². The van der Waals surface area contributed by atoms with Crippen molar-refractivity contribution < 1.29 is 19.7 Å². The zero-order chi connectivity index (χ0) is 18.3. The van der Waals surface area contributed by atoms with Crippen molar-refractivity contribution in [3.8, 4) is 5.75 Å². The first-order valence-corrected chi connectivity index (χ1v) is 9.43. The molecule has 0 spiro atoms. The average molecular weight is 348 g/mol. The number of carboxylic acids is 1.